The number of furan rings is 2. The number of benzene rings is 1. The Kier molecular flexibility index (Phi) is 5.70. The quantitative estimate of drug-likeness (QED) is 0.497. The molecule has 3 aromatic heterocycles. The highest BCUT2D eigenvalue weighted by atomic mass is 16.3. The van der Waals surface area contributed by atoms with Crippen molar-refractivity contribution >= 4 is 6.03 Å². The Hall–Kier alpha value is -3.81. The minimum Gasteiger partial charge on any atom is -0.467 e. The predicted octanol–water partition coefficient (Wildman–Crippen LogP) is 3.42. The summed E-state index contributed by atoms with van der Waals surface area (Å²) in [6.45, 7) is 1.80. The third kappa shape index (κ3) is 5.13. The lowest BCUT2D eigenvalue weighted by Crippen LogP contribution is -2.38. The minimum atomic E-state index is -0.190. The van der Waals surface area contributed by atoms with E-state index in [0.717, 1.165) is 11.1 Å². The van der Waals surface area contributed by atoms with E-state index < -0.39 is 0 Å². The smallest absolute Gasteiger partial charge is 0.318 e. The second kappa shape index (κ2) is 8.92. The Labute approximate surface area is 167 Å². The number of nitrogens with one attached hydrogen (secondary N) is 1. The van der Waals surface area contributed by atoms with Gasteiger partial charge in [-0.3, -0.25) is 0 Å². The summed E-state index contributed by atoms with van der Waals surface area (Å²) in [6, 6.07) is 15.1. The molecule has 0 saturated heterocycles. The van der Waals surface area contributed by atoms with Crippen LogP contribution in [0.1, 0.15) is 22.6 Å². The van der Waals surface area contributed by atoms with Crippen LogP contribution in [0.15, 0.2) is 82.5 Å². The Balaban J connectivity index is 1.35. The van der Waals surface area contributed by atoms with E-state index in [-0.39, 0.29) is 6.03 Å². The fourth-order valence-electron chi connectivity index (χ4n) is 2.93. The molecule has 1 N–H and O–H groups in total. The standard InChI is InChI=1S/C21H21N5O3/c27-21(25(13-19-3-1-9-28-19)14-20-4-2-10-29-20)23-11-17-5-7-18(8-6-17)12-26-16-22-15-24-26/h1-10,15-16H,11-14H2,(H,23,27). The first kappa shape index (κ1) is 18.5. The predicted molar refractivity (Wildman–Crippen MR) is 104 cm³/mol. The molecule has 3 heterocycles. The van der Waals surface area contributed by atoms with Crippen LogP contribution in [0, 0.1) is 0 Å². The van der Waals surface area contributed by atoms with Crippen molar-refractivity contribution in [2.24, 2.45) is 0 Å². The second-order valence-corrected chi connectivity index (χ2v) is 6.58. The van der Waals surface area contributed by atoms with Crippen LogP contribution in [-0.2, 0) is 26.2 Å². The lowest BCUT2D eigenvalue weighted by atomic mass is 10.1. The number of carbonyl (C=O) groups is 1. The maximum absolute atomic E-state index is 12.8. The number of carbonyl (C=O) groups excluding carboxylic acids is 1. The van der Waals surface area contributed by atoms with Crippen LogP contribution in [0.5, 0.6) is 0 Å². The van der Waals surface area contributed by atoms with Crippen molar-refractivity contribution in [1.29, 1.82) is 0 Å². The molecule has 0 aliphatic heterocycles. The average Bonchev–Trinajstić information content (AvgIpc) is 3.51. The number of rotatable bonds is 8. The normalized spacial score (nSPS) is 10.8. The molecule has 0 saturated carbocycles. The van der Waals surface area contributed by atoms with E-state index in [2.05, 4.69) is 15.4 Å². The summed E-state index contributed by atoms with van der Waals surface area (Å²) in [5.41, 5.74) is 2.12. The van der Waals surface area contributed by atoms with Crippen molar-refractivity contribution in [2.75, 3.05) is 0 Å². The summed E-state index contributed by atoms with van der Waals surface area (Å²) in [6.07, 6.45) is 6.39. The highest BCUT2D eigenvalue weighted by Crippen LogP contribution is 2.12. The average molecular weight is 391 g/mol. The van der Waals surface area contributed by atoms with Gasteiger partial charge in [-0.15, -0.1) is 0 Å². The molecule has 4 rings (SSSR count). The van der Waals surface area contributed by atoms with Crippen LogP contribution in [0.25, 0.3) is 0 Å². The molecule has 148 valence electrons. The van der Waals surface area contributed by atoms with Crippen LogP contribution >= 0.6 is 0 Å². The minimum absolute atomic E-state index is 0.190. The molecule has 0 radical (unpaired) electrons. The molecule has 0 bridgehead atoms. The zero-order chi connectivity index (χ0) is 19.9. The highest BCUT2D eigenvalue weighted by Gasteiger charge is 2.17. The SMILES string of the molecule is O=C(NCc1ccc(Cn2cncn2)cc1)N(Cc1ccco1)Cc1ccco1. The summed E-state index contributed by atoms with van der Waals surface area (Å²) >= 11 is 0. The van der Waals surface area contributed by atoms with E-state index in [9.17, 15) is 4.79 Å². The van der Waals surface area contributed by atoms with Crippen LogP contribution in [0.4, 0.5) is 4.79 Å². The largest absolute Gasteiger partial charge is 0.467 e. The molecule has 29 heavy (non-hydrogen) atoms. The molecule has 0 spiro atoms. The number of hydrogen-bond donors (Lipinski definition) is 1. The van der Waals surface area contributed by atoms with Crippen LogP contribution in [-0.4, -0.2) is 25.7 Å². The van der Waals surface area contributed by atoms with E-state index in [1.54, 1.807) is 40.6 Å². The Morgan fingerprint density at radius 3 is 2.17 bits per heavy atom. The number of hydrogen-bond acceptors (Lipinski definition) is 5. The molecule has 4 aromatic rings. The molecule has 0 aliphatic carbocycles. The lowest BCUT2D eigenvalue weighted by molar-refractivity contribution is 0.181. The van der Waals surface area contributed by atoms with E-state index in [0.29, 0.717) is 37.7 Å². The molecular weight excluding hydrogens is 370 g/mol. The topological polar surface area (TPSA) is 89.3 Å². The number of amides is 2. The summed E-state index contributed by atoms with van der Waals surface area (Å²) in [4.78, 5) is 18.4. The van der Waals surface area contributed by atoms with Crippen molar-refractivity contribution in [2.45, 2.75) is 26.2 Å². The number of aromatic nitrogens is 3. The van der Waals surface area contributed by atoms with Crippen LogP contribution < -0.4 is 5.32 Å². The van der Waals surface area contributed by atoms with Crippen LogP contribution in [0.3, 0.4) is 0 Å². The summed E-state index contributed by atoms with van der Waals surface area (Å²) in [5.74, 6) is 1.42. The molecule has 0 aliphatic rings. The third-order valence-corrected chi connectivity index (χ3v) is 4.42. The molecule has 2 amide bonds. The van der Waals surface area contributed by atoms with Crippen molar-refractivity contribution in [3.63, 3.8) is 0 Å². The maximum atomic E-state index is 12.8. The zero-order valence-electron chi connectivity index (χ0n) is 15.8. The van der Waals surface area contributed by atoms with Gasteiger partial charge in [0.1, 0.15) is 24.2 Å². The first-order chi connectivity index (χ1) is 14.3. The fourth-order valence-corrected chi connectivity index (χ4v) is 2.93. The highest BCUT2D eigenvalue weighted by molar-refractivity contribution is 5.74. The van der Waals surface area contributed by atoms with Gasteiger partial charge in [-0.25, -0.2) is 14.5 Å². The van der Waals surface area contributed by atoms with Gasteiger partial charge in [0, 0.05) is 6.54 Å². The van der Waals surface area contributed by atoms with Crippen molar-refractivity contribution in [3.8, 4) is 0 Å². The van der Waals surface area contributed by atoms with Gasteiger partial charge in [-0.05, 0) is 35.4 Å². The first-order valence-corrected chi connectivity index (χ1v) is 9.24. The van der Waals surface area contributed by atoms with E-state index in [4.69, 9.17) is 8.83 Å². The van der Waals surface area contributed by atoms with Gasteiger partial charge in [0.25, 0.3) is 0 Å². The Bertz CT molecular complexity index is 957. The number of urea groups is 1. The Morgan fingerprint density at radius 1 is 0.966 bits per heavy atom. The van der Waals surface area contributed by atoms with E-state index in [1.807, 2.05) is 36.4 Å². The fraction of sp³-hybridized carbons (Fsp3) is 0.190. The zero-order valence-corrected chi connectivity index (χ0v) is 15.8. The second-order valence-electron chi connectivity index (χ2n) is 6.58. The van der Waals surface area contributed by atoms with E-state index in [1.165, 1.54) is 6.33 Å². The van der Waals surface area contributed by atoms with Gasteiger partial charge in [-0.1, -0.05) is 24.3 Å². The summed E-state index contributed by atoms with van der Waals surface area (Å²) in [7, 11) is 0. The van der Waals surface area contributed by atoms with Crippen LogP contribution in [0.2, 0.25) is 0 Å². The van der Waals surface area contributed by atoms with Gasteiger partial charge < -0.3 is 19.1 Å². The van der Waals surface area contributed by atoms with Gasteiger partial charge in [-0.2, -0.15) is 5.10 Å². The molecule has 0 unspecified atom stereocenters. The first-order valence-electron chi connectivity index (χ1n) is 9.24. The van der Waals surface area contributed by atoms with Crippen molar-refractivity contribution in [3.05, 3.63) is 96.4 Å². The molecule has 8 heteroatoms. The molecule has 0 atom stereocenters. The van der Waals surface area contributed by atoms with Crippen molar-refractivity contribution in [1.82, 2.24) is 25.0 Å². The lowest BCUT2D eigenvalue weighted by Gasteiger charge is -2.21. The molecular formula is C21H21N5O3. The van der Waals surface area contributed by atoms with Crippen molar-refractivity contribution < 1.29 is 13.6 Å². The summed E-state index contributed by atoms with van der Waals surface area (Å²) in [5, 5.41) is 7.07. The van der Waals surface area contributed by atoms with E-state index >= 15 is 0 Å². The number of nitrogens with zero attached hydrogens (tertiary/aromatic N) is 4. The van der Waals surface area contributed by atoms with Gasteiger partial charge in [0.2, 0.25) is 0 Å². The molecule has 8 nitrogen and oxygen atoms in total. The maximum Gasteiger partial charge on any atom is 0.318 e. The summed E-state index contributed by atoms with van der Waals surface area (Å²) < 4.78 is 12.5. The third-order valence-electron chi connectivity index (χ3n) is 4.42. The molecule has 0 fully saturated rings. The Morgan fingerprint density at radius 2 is 1.62 bits per heavy atom. The molecule has 1 aromatic carbocycles. The monoisotopic (exact) mass is 391 g/mol. The van der Waals surface area contributed by atoms with Gasteiger partial charge >= 0.3 is 6.03 Å². The van der Waals surface area contributed by atoms with Gasteiger partial charge in [0.05, 0.1) is 32.2 Å². The van der Waals surface area contributed by atoms with Gasteiger partial charge in [0.15, 0.2) is 0 Å².